The van der Waals surface area contributed by atoms with E-state index in [1.165, 1.54) is 0 Å². The average Bonchev–Trinajstić information content (AvgIpc) is 2.46. The summed E-state index contributed by atoms with van der Waals surface area (Å²) in [6, 6.07) is 10.5. The lowest BCUT2D eigenvalue weighted by atomic mass is 10.1. The van der Waals surface area contributed by atoms with Gasteiger partial charge in [-0.3, -0.25) is 4.98 Å². The smallest absolute Gasteiger partial charge is 0.315 e. The first-order chi connectivity index (χ1) is 9.74. The summed E-state index contributed by atoms with van der Waals surface area (Å²) in [6.07, 6.45) is 4.06. The van der Waals surface area contributed by atoms with Gasteiger partial charge in [0.05, 0.1) is 0 Å². The standard InChI is InChI=1S/C15H17N3O2/c19-14-3-1-2-12(10-14)6-9-17-15(20)18-11-13-4-7-16-8-5-13/h1-5,7-8,10,19H,6,9,11H2,(H2,17,18,20). The van der Waals surface area contributed by atoms with E-state index in [-0.39, 0.29) is 11.8 Å². The van der Waals surface area contributed by atoms with Gasteiger partial charge in [0.2, 0.25) is 0 Å². The van der Waals surface area contributed by atoms with Crippen molar-refractivity contribution in [2.24, 2.45) is 0 Å². The van der Waals surface area contributed by atoms with Gasteiger partial charge in [0.25, 0.3) is 0 Å². The molecule has 0 unspecified atom stereocenters. The van der Waals surface area contributed by atoms with E-state index in [0.29, 0.717) is 19.5 Å². The largest absolute Gasteiger partial charge is 0.508 e. The molecule has 0 atom stereocenters. The molecule has 0 aliphatic rings. The number of pyridine rings is 1. The third-order valence-corrected chi connectivity index (χ3v) is 2.81. The number of carbonyl (C=O) groups excluding carboxylic acids is 1. The van der Waals surface area contributed by atoms with Crippen molar-refractivity contribution in [3.63, 3.8) is 0 Å². The number of hydrogen-bond acceptors (Lipinski definition) is 3. The zero-order valence-corrected chi connectivity index (χ0v) is 11.0. The lowest BCUT2D eigenvalue weighted by Crippen LogP contribution is -2.36. The molecule has 1 aromatic carbocycles. The first-order valence-corrected chi connectivity index (χ1v) is 6.42. The second kappa shape index (κ2) is 7.13. The van der Waals surface area contributed by atoms with Gasteiger partial charge >= 0.3 is 6.03 Å². The second-order valence-corrected chi connectivity index (χ2v) is 4.38. The first kappa shape index (κ1) is 13.9. The monoisotopic (exact) mass is 271 g/mol. The minimum atomic E-state index is -0.207. The molecule has 3 N–H and O–H groups in total. The molecule has 0 radical (unpaired) electrons. The zero-order valence-electron chi connectivity index (χ0n) is 11.0. The Morgan fingerprint density at radius 3 is 2.65 bits per heavy atom. The number of aromatic hydroxyl groups is 1. The average molecular weight is 271 g/mol. The Morgan fingerprint density at radius 2 is 1.90 bits per heavy atom. The predicted molar refractivity (Wildman–Crippen MR) is 76.3 cm³/mol. The van der Waals surface area contributed by atoms with Crippen LogP contribution in [0.4, 0.5) is 4.79 Å². The van der Waals surface area contributed by atoms with Gasteiger partial charge in [-0.1, -0.05) is 12.1 Å². The van der Waals surface area contributed by atoms with Gasteiger partial charge in [-0.2, -0.15) is 0 Å². The number of urea groups is 1. The Labute approximate surface area is 117 Å². The number of nitrogens with one attached hydrogen (secondary N) is 2. The molecule has 0 saturated heterocycles. The summed E-state index contributed by atoms with van der Waals surface area (Å²) in [6.45, 7) is 0.992. The normalized spacial score (nSPS) is 10.0. The molecule has 104 valence electrons. The van der Waals surface area contributed by atoms with Gasteiger partial charge in [-0.25, -0.2) is 4.79 Å². The Kier molecular flexibility index (Phi) is 4.94. The van der Waals surface area contributed by atoms with Crippen molar-refractivity contribution in [3.8, 4) is 5.75 Å². The lowest BCUT2D eigenvalue weighted by molar-refractivity contribution is 0.240. The number of phenols is 1. The van der Waals surface area contributed by atoms with Crippen LogP contribution in [0.3, 0.4) is 0 Å². The molecule has 2 aromatic rings. The number of rotatable bonds is 5. The summed E-state index contributed by atoms with van der Waals surface area (Å²) in [5.74, 6) is 0.240. The Balaban J connectivity index is 1.68. The van der Waals surface area contributed by atoms with Crippen molar-refractivity contribution in [1.82, 2.24) is 15.6 Å². The Bertz CT molecular complexity index is 558. The summed E-state index contributed by atoms with van der Waals surface area (Å²) >= 11 is 0. The van der Waals surface area contributed by atoms with Gasteiger partial charge in [-0.05, 0) is 41.8 Å². The van der Waals surface area contributed by atoms with Crippen molar-refractivity contribution in [2.75, 3.05) is 6.54 Å². The van der Waals surface area contributed by atoms with Crippen molar-refractivity contribution >= 4 is 6.03 Å². The number of carbonyl (C=O) groups is 1. The fourth-order valence-electron chi connectivity index (χ4n) is 1.78. The van der Waals surface area contributed by atoms with E-state index < -0.39 is 0 Å². The topological polar surface area (TPSA) is 74.2 Å². The predicted octanol–water partition coefficient (Wildman–Crippen LogP) is 1.83. The molecule has 1 heterocycles. The highest BCUT2D eigenvalue weighted by Gasteiger charge is 2.00. The van der Waals surface area contributed by atoms with Crippen LogP contribution in [0.25, 0.3) is 0 Å². The summed E-state index contributed by atoms with van der Waals surface area (Å²) in [4.78, 5) is 15.5. The highest BCUT2D eigenvalue weighted by atomic mass is 16.3. The summed E-state index contributed by atoms with van der Waals surface area (Å²) in [5.41, 5.74) is 1.99. The van der Waals surface area contributed by atoms with Gasteiger partial charge < -0.3 is 15.7 Å². The van der Waals surface area contributed by atoms with Crippen LogP contribution < -0.4 is 10.6 Å². The molecule has 0 fully saturated rings. The molecule has 0 aliphatic heterocycles. The first-order valence-electron chi connectivity index (χ1n) is 6.42. The molecular weight excluding hydrogens is 254 g/mol. The maximum atomic E-state index is 11.6. The molecule has 5 nitrogen and oxygen atoms in total. The highest BCUT2D eigenvalue weighted by Crippen LogP contribution is 2.10. The fourth-order valence-corrected chi connectivity index (χ4v) is 1.78. The van der Waals surface area contributed by atoms with Gasteiger partial charge in [0, 0.05) is 25.5 Å². The second-order valence-electron chi connectivity index (χ2n) is 4.38. The molecule has 1 aromatic heterocycles. The minimum Gasteiger partial charge on any atom is -0.508 e. The maximum absolute atomic E-state index is 11.6. The number of phenolic OH excluding ortho intramolecular Hbond substituents is 1. The van der Waals surface area contributed by atoms with Crippen molar-refractivity contribution in [2.45, 2.75) is 13.0 Å². The number of amides is 2. The lowest BCUT2D eigenvalue weighted by Gasteiger charge is -2.07. The summed E-state index contributed by atoms with van der Waals surface area (Å²) < 4.78 is 0. The molecule has 0 saturated carbocycles. The SMILES string of the molecule is O=C(NCCc1cccc(O)c1)NCc1ccncc1. The van der Waals surface area contributed by atoms with Crippen LogP contribution >= 0.6 is 0 Å². The van der Waals surface area contributed by atoms with Gasteiger partial charge in [0.15, 0.2) is 0 Å². The van der Waals surface area contributed by atoms with Crippen molar-refractivity contribution in [3.05, 3.63) is 59.9 Å². The molecule has 0 aliphatic carbocycles. The third-order valence-electron chi connectivity index (χ3n) is 2.81. The van der Waals surface area contributed by atoms with Crippen molar-refractivity contribution < 1.29 is 9.90 Å². The minimum absolute atomic E-state index is 0.207. The van der Waals surface area contributed by atoms with E-state index in [4.69, 9.17) is 0 Å². The van der Waals surface area contributed by atoms with Crippen LogP contribution in [0.2, 0.25) is 0 Å². The number of hydrogen-bond donors (Lipinski definition) is 3. The van der Waals surface area contributed by atoms with Crippen LogP contribution in [0, 0.1) is 0 Å². The zero-order chi connectivity index (χ0) is 14.2. The van der Waals surface area contributed by atoms with E-state index in [1.54, 1.807) is 30.6 Å². The third kappa shape index (κ3) is 4.61. The molecule has 2 amide bonds. The number of nitrogens with zero attached hydrogens (tertiary/aromatic N) is 1. The van der Waals surface area contributed by atoms with E-state index >= 15 is 0 Å². The molecule has 0 spiro atoms. The molecule has 20 heavy (non-hydrogen) atoms. The quantitative estimate of drug-likeness (QED) is 0.776. The van der Waals surface area contributed by atoms with E-state index in [2.05, 4.69) is 15.6 Å². The fraction of sp³-hybridized carbons (Fsp3) is 0.200. The van der Waals surface area contributed by atoms with E-state index in [0.717, 1.165) is 11.1 Å². The highest BCUT2D eigenvalue weighted by molar-refractivity contribution is 5.73. The van der Waals surface area contributed by atoms with Gasteiger partial charge in [0.1, 0.15) is 5.75 Å². The number of benzene rings is 1. The van der Waals surface area contributed by atoms with Crippen LogP contribution in [-0.2, 0) is 13.0 Å². The van der Waals surface area contributed by atoms with E-state index in [1.807, 2.05) is 18.2 Å². The number of aromatic nitrogens is 1. The van der Waals surface area contributed by atoms with Crippen molar-refractivity contribution in [1.29, 1.82) is 0 Å². The van der Waals surface area contributed by atoms with Crippen LogP contribution in [0.5, 0.6) is 5.75 Å². The van der Waals surface area contributed by atoms with Crippen LogP contribution in [0.15, 0.2) is 48.8 Å². The Hall–Kier alpha value is -2.56. The summed E-state index contributed by atoms with van der Waals surface area (Å²) in [5, 5.41) is 14.9. The maximum Gasteiger partial charge on any atom is 0.315 e. The van der Waals surface area contributed by atoms with E-state index in [9.17, 15) is 9.90 Å². The summed E-state index contributed by atoms with van der Waals surface area (Å²) in [7, 11) is 0. The molecule has 5 heteroatoms. The van der Waals surface area contributed by atoms with Crippen LogP contribution in [0.1, 0.15) is 11.1 Å². The molecular formula is C15H17N3O2. The Morgan fingerprint density at radius 1 is 1.10 bits per heavy atom. The molecule has 2 rings (SSSR count). The van der Waals surface area contributed by atoms with Gasteiger partial charge in [-0.15, -0.1) is 0 Å². The van der Waals surface area contributed by atoms with Crippen LogP contribution in [-0.4, -0.2) is 22.7 Å². The molecule has 0 bridgehead atoms.